The molecule has 206 valence electrons. The van der Waals surface area contributed by atoms with Crippen molar-refractivity contribution in [3.8, 4) is 5.69 Å². The van der Waals surface area contributed by atoms with E-state index in [2.05, 4.69) is 5.32 Å². The zero-order valence-electron chi connectivity index (χ0n) is 21.7. The summed E-state index contributed by atoms with van der Waals surface area (Å²) in [5.41, 5.74) is 0.245. The summed E-state index contributed by atoms with van der Waals surface area (Å²) in [6, 6.07) is 14.3. The van der Waals surface area contributed by atoms with Crippen LogP contribution in [0.5, 0.6) is 0 Å². The van der Waals surface area contributed by atoms with Crippen LogP contribution in [0.2, 0.25) is 0 Å². The maximum atomic E-state index is 14.9. The summed E-state index contributed by atoms with van der Waals surface area (Å²) in [5, 5.41) is 13.5. The lowest BCUT2D eigenvalue weighted by molar-refractivity contribution is -0.139. The lowest BCUT2D eigenvalue weighted by Crippen LogP contribution is -2.42. The van der Waals surface area contributed by atoms with Crippen molar-refractivity contribution in [2.75, 3.05) is 31.2 Å². The molecule has 3 aromatic carbocycles. The van der Waals surface area contributed by atoms with Crippen LogP contribution in [0.25, 0.3) is 16.5 Å². The van der Waals surface area contributed by atoms with Gasteiger partial charge in [0.25, 0.3) is 11.5 Å². The fourth-order valence-corrected chi connectivity index (χ4v) is 4.88. The fourth-order valence-electron chi connectivity index (χ4n) is 4.88. The summed E-state index contributed by atoms with van der Waals surface area (Å²) in [5.74, 6) is -2.89. The number of carbonyl (C=O) groups excluding carboxylic acids is 1. The lowest BCUT2D eigenvalue weighted by atomic mass is 9.97. The van der Waals surface area contributed by atoms with E-state index in [1.807, 2.05) is 4.90 Å². The van der Waals surface area contributed by atoms with Crippen LogP contribution in [-0.2, 0) is 23.0 Å². The van der Waals surface area contributed by atoms with Crippen LogP contribution in [-0.4, -0.2) is 58.5 Å². The molecular weight excluding hydrogens is 519 g/mol. The van der Waals surface area contributed by atoms with Gasteiger partial charge in [-0.25, -0.2) is 18.5 Å². The first kappa shape index (κ1) is 26.8. The first-order chi connectivity index (χ1) is 19.2. The number of carbonyl (C=O) groups is 2. The van der Waals surface area contributed by atoms with Crippen LogP contribution in [0.1, 0.15) is 15.9 Å². The first-order valence-corrected chi connectivity index (χ1v) is 12.7. The van der Waals surface area contributed by atoms with Gasteiger partial charge in [0, 0.05) is 49.9 Å². The number of benzene rings is 3. The molecule has 1 saturated heterocycles. The minimum absolute atomic E-state index is 0.114. The van der Waals surface area contributed by atoms with Crippen molar-refractivity contribution in [3.63, 3.8) is 0 Å². The Balaban J connectivity index is 1.43. The van der Waals surface area contributed by atoms with Crippen LogP contribution in [0.4, 0.5) is 10.1 Å². The highest BCUT2D eigenvalue weighted by molar-refractivity contribution is 5.98. The van der Waals surface area contributed by atoms with Crippen molar-refractivity contribution >= 4 is 28.3 Å². The first-order valence-electron chi connectivity index (χ1n) is 12.7. The Morgan fingerprint density at radius 3 is 2.48 bits per heavy atom. The highest BCUT2D eigenvalue weighted by Gasteiger charge is 2.24. The number of carboxylic acids is 1. The Kier molecular flexibility index (Phi) is 7.47. The molecule has 1 fully saturated rings. The molecule has 0 saturated carbocycles. The second-order valence-corrected chi connectivity index (χ2v) is 9.50. The van der Waals surface area contributed by atoms with E-state index in [4.69, 9.17) is 4.74 Å². The molecule has 5 rings (SSSR count). The van der Waals surface area contributed by atoms with E-state index < -0.39 is 35.0 Å². The fraction of sp³-hybridized carbons (Fsp3) is 0.241. The van der Waals surface area contributed by atoms with Gasteiger partial charge in [-0.1, -0.05) is 30.3 Å². The maximum absolute atomic E-state index is 14.9. The van der Waals surface area contributed by atoms with Crippen LogP contribution in [0, 0.1) is 5.82 Å². The van der Waals surface area contributed by atoms with Gasteiger partial charge >= 0.3 is 11.7 Å². The van der Waals surface area contributed by atoms with E-state index in [1.54, 1.807) is 42.5 Å². The summed E-state index contributed by atoms with van der Waals surface area (Å²) in [6.45, 7) is 2.26. The van der Waals surface area contributed by atoms with E-state index in [0.29, 0.717) is 54.0 Å². The number of ether oxygens (including phenoxy) is 1. The van der Waals surface area contributed by atoms with E-state index in [1.165, 1.54) is 36.0 Å². The molecule has 0 spiro atoms. The van der Waals surface area contributed by atoms with E-state index in [0.717, 1.165) is 4.57 Å². The molecule has 1 aliphatic heterocycles. The van der Waals surface area contributed by atoms with Gasteiger partial charge in [0.1, 0.15) is 11.9 Å². The molecule has 0 unspecified atom stereocenters. The van der Waals surface area contributed by atoms with E-state index in [-0.39, 0.29) is 12.0 Å². The molecule has 2 N–H and O–H groups in total. The van der Waals surface area contributed by atoms with Gasteiger partial charge in [-0.3, -0.25) is 9.59 Å². The van der Waals surface area contributed by atoms with Crippen LogP contribution in [0.15, 0.2) is 76.4 Å². The summed E-state index contributed by atoms with van der Waals surface area (Å²) in [6.07, 6.45) is 1.27. The van der Waals surface area contributed by atoms with Crippen LogP contribution < -0.4 is 21.5 Å². The number of aliphatic carboxylic acids is 1. The number of halogens is 1. The zero-order chi connectivity index (χ0) is 28.4. The van der Waals surface area contributed by atoms with Gasteiger partial charge in [0.2, 0.25) is 0 Å². The Hall–Kier alpha value is -4.77. The Morgan fingerprint density at radius 2 is 1.75 bits per heavy atom. The quantitative estimate of drug-likeness (QED) is 0.364. The maximum Gasteiger partial charge on any atom is 0.335 e. The molecule has 11 heteroatoms. The van der Waals surface area contributed by atoms with Crippen molar-refractivity contribution in [1.29, 1.82) is 0 Å². The van der Waals surface area contributed by atoms with Gasteiger partial charge in [-0.2, -0.15) is 0 Å². The Labute approximate surface area is 227 Å². The SMILES string of the molecule is Cn1ccc(=O)n(-c2cccc3c(C[C@H](NC(=O)c4ccc(N5CCOCC5)cc4F)C(=O)O)cccc23)c1=O. The van der Waals surface area contributed by atoms with Gasteiger partial charge in [0.15, 0.2) is 0 Å². The summed E-state index contributed by atoms with van der Waals surface area (Å²) in [7, 11) is 1.54. The lowest BCUT2D eigenvalue weighted by Gasteiger charge is -2.29. The monoisotopic (exact) mass is 546 g/mol. The topological polar surface area (TPSA) is 123 Å². The number of aromatic nitrogens is 2. The highest BCUT2D eigenvalue weighted by Crippen LogP contribution is 2.25. The van der Waals surface area contributed by atoms with Crippen molar-refractivity contribution < 1.29 is 23.8 Å². The molecule has 1 aliphatic rings. The predicted molar refractivity (Wildman–Crippen MR) is 147 cm³/mol. The molecule has 0 bridgehead atoms. The number of nitrogens with one attached hydrogen (secondary N) is 1. The van der Waals surface area contributed by atoms with Crippen LogP contribution >= 0.6 is 0 Å². The van der Waals surface area contributed by atoms with Crippen molar-refractivity contribution in [3.05, 3.63) is 105 Å². The molecule has 1 aromatic heterocycles. The predicted octanol–water partition coefficient (Wildman–Crippen LogP) is 2.09. The highest BCUT2D eigenvalue weighted by atomic mass is 19.1. The molecular formula is C29H27FN4O6. The number of anilines is 1. The average molecular weight is 547 g/mol. The minimum atomic E-state index is -1.37. The Bertz CT molecular complexity index is 1720. The number of hydrogen-bond donors (Lipinski definition) is 2. The van der Waals surface area contributed by atoms with Crippen molar-refractivity contribution in [1.82, 2.24) is 14.5 Å². The smallest absolute Gasteiger partial charge is 0.335 e. The summed E-state index contributed by atoms with van der Waals surface area (Å²) < 4.78 is 22.6. The largest absolute Gasteiger partial charge is 0.480 e. The normalized spacial score (nSPS) is 14.2. The van der Waals surface area contributed by atoms with Gasteiger partial charge in [-0.15, -0.1) is 0 Å². The van der Waals surface area contributed by atoms with Gasteiger partial charge in [0.05, 0.1) is 24.5 Å². The third-order valence-corrected chi connectivity index (χ3v) is 6.99. The van der Waals surface area contributed by atoms with E-state index >= 15 is 0 Å². The molecule has 1 atom stereocenters. The number of nitrogens with zero attached hydrogens (tertiary/aromatic N) is 3. The molecule has 2 heterocycles. The third-order valence-electron chi connectivity index (χ3n) is 6.99. The number of aryl methyl sites for hydroxylation is 1. The molecule has 40 heavy (non-hydrogen) atoms. The van der Waals surface area contributed by atoms with Gasteiger partial charge in [-0.05, 0) is 35.2 Å². The van der Waals surface area contributed by atoms with Crippen LogP contribution in [0.3, 0.4) is 0 Å². The number of hydrogen-bond acceptors (Lipinski definition) is 6. The minimum Gasteiger partial charge on any atom is -0.480 e. The average Bonchev–Trinajstić information content (AvgIpc) is 2.95. The molecule has 10 nitrogen and oxygen atoms in total. The molecule has 1 amide bonds. The number of amides is 1. The summed E-state index contributed by atoms with van der Waals surface area (Å²) in [4.78, 5) is 52.4. The van der Waals surface area contributed by atoms with Gasteiger partial charge < -0.3 is 24.6 Å². The van der Waals surface area contributed by atoms with E-state index in [9.17, 15) is 28.7 Å². The summed E-state index contributed by atoms with van der Waals surface area (Å²) >= 11 is 0. The van der Waals surface area contributed by atoms with Crippen molar-refractivity contribution in [2.24, 2.45) is 7.05 Å². The number of morpholine rings is 1. The number of rotatable bonds is 7. The molecule has 4 aromatic rings. The molecule has 0 radical (unpaired) electrons. The number of carboxylic acid groups (broad SMARTS) is 1. The second kappa shape index (κ2) is 11.1. The molecule has 0 aliphatic carbocycles. The zero-order valence-corrected chi connectivity index (χ0v) is 21.7. The Morgan fingerprint density at radius 1 is 1.02 bits per heavy atom. The van der Waals surface area contributed by atoms with Crippen molar-refractivity contribution in [2.45, 2.75) is 12.5 Å². The standard InChI is InChI=1S/C29H27FN4O6/c1-32-11-10-26(35)34(29(32)39)25-7-3-5-20-18(4-2-6-21(20)25)16-24(28(37)38)31-27(36)22-9-8-19(17-23(22)30)33-12-14-40-15-13-33/h2-11,17,24H,12-16H2,1H3,(H,31,36)(H,37,38)/t24-/m0/s1. The second-order valence-electron chi connectivity index (χ2n) is 9.50. The number of fused-ring (bicyclic) bond motifs is 1. The third kappa shape index (κ3) is 5.23.